The highest BCUT2D eigenvalue weighted by Crippen LogP contribution is 2.09. The van der Waals surface area contributed by atoms with Gasteiger partial charge in [0.25, 0.3) is 11.8 Å². The average Bonchev–Trinajstić information content (AvgIpc) is 3.20. The number of nitrogens with one attached hydrogen (secondary N) is 3. The van der Waals surface area contributed by atoms with Gasteiger partial charge in [0.2, 0.25) is 11.8 Å². The molecular weight excluding hydrogens is 510 g/mol. The molecule has 13 nitrogen and oxygen atoms in total. The van der Waals surface area contributed by atoms with Crippen molar-refractivity contribution < 1.29 is 38.2 Å². The SMILES string of the molecule is CC.CC(C)C(=O)[C@H](CCCNC(N)=O)NC(=O)C(NC(=O)COCCOCCN1C(=O)C=CC1=O)C(C)C. The molecule has 13 heteroatoms. The summed E-state index contributed by atoms with van der Waals surface area (Å²) in [6.45, 7) is 11.5. The van der Waals surface area contributed by atoms with Crippen LogP contribution in [0.1, 0.15) is 54.4 Å². The van der Waals surface area contributed by atoms with Crippen molar-refractivity contribution in [3.8, 4) is 0 Å². The summed E-state index contributed by atoms with van der Waals surface area (Å²) in [6, 6.07) is -2.32. The molecule has 0 aromatic rings. The molecule has 0 saturated heterocycles. The second kappa shape index (κ2) is 19.7. The number of amides is 6. The zero-order valence-electron chi connectivity index (χ0n) is 23.9. The average molecular weight is 556 g/mol. The topological polar surface area (TPSA) is 186 Å². The van der Waals surface area contributed by atoms with E-state index in [9.17, 15) is 28.8 Å². The lowest BCUT2D eigenvalue weighted by molar-refractivity contribution is -0.138. The van der Waals surface area contributed by atoms with Gasteiger partial charge in [0, 0.05) is 24.6 Å². The van der Waals surface area contributed by atoms with Crippen LogP contribution in [0.3, 0.4) is 0 Å². The van der Waals surface area contributed by atoms with Crippen molar-refractivity contribution in [3.05, 3.63) is 12.2 Å². The number of carbonyl (C=O) groups excluding carboxylic acids is 6. The first kappa shape index (κ1) is 35.7. The van der Waals surface area contributed by atoms with E-state index in [0.717, 1.165) is 4.90 Å². The van der Waals surface area contributed by atoms with E-state index in [1.807, 2.05) is 13.8 Å². The smallest absolute Gasteiger partial charge is 0.312 e. The summed E-state index contributed by atoms with van der Waals surface area (Å²) < 4.78 is 10.6. The van der Waals surface area contributed by atoms with Crippen LogP contribution >= 0.6 is 0 Å². The molecule has 0 saturated carbocycles. The normalized spacial score (nSPS) is 14.1. The monoisotopic (exact) mass is 555 g/mol. The van der Waals surface area contributed by atoms with Crippen molar-refractivity contribution in [3.63, 3.8) is 0 Å². The van der Waals surface area contributed by atoms with Crippen molar-refractivity contribution in [2.45, 2.75) is 66.5 Å². The maximum absolute atomic E-state index is 12.9. The number of Topliss-reactive ketones (excluding diaryl/α,β-unsaturated/α-hetero) is 1. The largest absolute Gasteiger partial charge is 0.377 e. The van der Waals surface area contributed by atoms with Crippen LogP contribution in [0.4, 0.5) is 4.79 Å². The van der Waals surface area contributed by atoms with E-state index >= 15 is 0 Å². The minimum absolute atomic E-state index is 0.0937. The van der Waals surface area contributed by atoms with Crippen LogP contribution in [-0.2, 0) is 33.4 Å². The predicted molar refractivity (Wildman–Crippen MR) is 144 cm³/mol. The standard InChI is InChI=1S/C24H39N5O8.C2H6/c1-15(2)21(23(34)27-17(22(33)16(3)4)6-5-9-26-24(25)35)28-18(30)14-37-13-12-36-11-10-29-19(31)7-8-20(29)32;1-2/h7-8,15-17,21H,5-6,9-14H2,1-4H3,(H,27,34)(H,28,30)(H3,25,26,35);1-2H3/t17-,21?;/m0./s1. The van der Waals surface area contributed by atoms with Crippen molar-refractivity contribution in [2.75, 3.05) is 39.5 Å². The molecule has 1 heterocycles. The van der Waals surface area contributed by atoms with Crippen LogP contribution < -0.4 is 21.7 Å². The Morgan fingerprint density at radius 2 is 1.51 bits per heavy atom. The third kappa shape index (κ3) is 14.4. The van der Waals surface area contributed by atoms with E-state index in [1.54, 1.807) is 27.7 Å². The Bertz CT molecular complexity index is 841. The summed E-state index contributed by atoms with van der Waals surface area (Å²) in [6.07, 6.45) is 3.13. The van der Waals surface area contributed by atoms with E-state index in [1.165, 1.54) is 12.2 Å². The zero-order valence-corrected chi connectivity index (χ0v) is 23.9. The van der Waals surface area contributed by atoms with Gasteiger partial charge < -0.3 is 31.2 Å². The predicted octanol–water partition coefficient (Wildman–Crippen LogP) is 0.270. The summed E-state index contributed by atoms with van der Waals surface area (Å²) in [7, 11) is 0. The van der Waals surface area contributed by atoms with Crippen LogP contribution in [0.15, 0.2) is 12.2 Å². The molecule has 1 unspecified atom stereocenters. The van der Waals surface area contributed by atoms with Crippen molar-refractivity contribution in [1.29, 1.82) is 0 Å². The van der Waals surface area contributed by atoms with E-state index in [-0.39, 0.29) is 69.0 Å². The Morgan fingerprint density at radius 1 is 0.923 bits per heavy atom. The van der Waals surface area contributed by atoms with Gasteiger partial charge in [-0.25, -0.2) is 4.79 Å². The van der Waals surface area contributed by atoms with E-state index in [2.05, 4.69) is 16.0 Å². The minimum atomic E-state index is -0.886. The molecule has 222 valence electrons. The highest BCUT2D eigenvalue weighted by molar-refractivity contribution is 6.12. The lowest BCUT2D eigenvalue weighted by Gasteiger charge is -2.26. The molecule has 5 N–H and O–H groups in total. The first-order valence-electron chi connectivity index (χ1n) is 13.3. The Labute approximate surface area is 230 Å². The Kier molecular flexibility index (Phi) is 18.0. The van der Waals surface area contributed by atoms with Crippen LogP contribution in [0.25, 0.3) is 0 Å². The number of hydrogen-bond donors (Lipinski definition) is 4. The quantitative estimate of drug-likeness (QED) is 0.137. The lowest BCUT2D eigenvalue weighted by Crippen LogP contribution is -2.54. The number of carbonyl (C=O) groups is 6. The van der Waals surface area contributed by atoms with Gasteiger partial charge in [-0.1, -0.05) is 41.5 Å². The van der Waals surface area contributed by atoms with E-state index in [0.29, 0.717) is 12.8 Å². The van der Waals surface area contributed by atoms with Gasteiger partial charge in [0.1, 0.15) is 12.6 Å². The van der Waals surface area contributed by atoms with Crippen LogP contribution in [-0.4, -0.2) is 91.9 Å². The number of urea groups is 1. The molecule has 0 aromatic heterocycles. The molecule has 0 radical (unpaired) electrons. The molecular formula is C26H45N5O8. The van der Waals surface area contributed by atoms with Gasteiger partial charge in [-0.15, -0.1) is 0 Å². The maximum atomic E-state index is 12.9. The van der Waals surface area contributed by atoms with Gasteiger partial charge in [-0.3, -0.25) is 28.9 Å². The molecule has 0 bridgehead atoms. The minimum Gasteiger partial charge on any atom is -0.377 e. The summed E-state index contributed by atoms with van der Waals surface area (Å²) in [4.78, 5) is 72.6. The van der Waals surface area contributed by atoms with Gasteiger partial charge in [-0.2, -0.15) is 0 Å². The highest BCUT2D eigenvalue weighted by Gasteiger charge is 2.29. The van der Waals surface area contributed by atoms with E-state index in [4.69, 9.17) is 15.2 Å². The number of imide groups is 1. The maximum Gasteiger partial charge on any atom is 0.312 e. The summed E-state index contributed by atoms with van der Waals surface area (Å²) in [5.74, 6) is -2.50. The summed E-state index contributed by atoms with van der Waals surface area (Å²) in [5.41, 5.74) is 5.04. The fourth-order valence-corrected chi connectivity index (χ4v) is 3.41. The number of hydrogen-bond acceptors (Lipinski definition) is 8. The van der Waals surface area contributed by atoms with Gasteiger partial charge in [0.05, 0.1) is 32.4 Å². The number of ketones is 1. The zero-order chi connectivity index (χ0) is 30.0. The molecule has 0 aliphatic carbocycles. The third-order valence-electron chi connectivity index (χ3n) is 5.43. The van der Waals surface area contributed by atoms with Gasteiger partial charge in [-0.05, 0) is 18.8 Å². The first-order chi connectivity index (χ1) is 18.4. The second-order valence-corrected chi connectivity index (χ2v) is 9.17. The molecule has 0 aromatic carbocycles. The van der Waals surface area contributed by atoms with Crippen LogP contribution in [0, 0.1) is 11.8 Å². The molecule has 1 aliphatic heterocycles. The molecule has 2 atom stereocenters. The number of nitrogens with two attached hydrogens (primary N) is 1. The Balaban J connectivity index is 0.00000704. The molecule has 1 aliphatic rings. The first-order valence-corrected chi connectivity index (χ1v) is 13.3. The van der Waals surface area contributed by atoms with Crippen molar-refractivity contribution >= 4 is 35.4 Å². The van der Waals surface area contributed by atoms with Gasteiger partial charge >= 0.3 is 6.03 Å². The Morgan fingerprint density at radius 3 is 2.05 bits per heavy atom. The third-order valence-corrected chi connectivity index (χ3v) is 5.43. The molecule has 0 spiro atoms. The highest BCUT2D eigenvalue weighted by atomic mass is 16.5. The fourth-order valence-electron chi connectivity index (χ4n) is 3.41. The lowest BCUT2D eigenvalue weighted by atomic mass is 9.96. The second-order valence-electron chi connectivity index (χ2n) is 9.17. The molecule has 6 amide bonds. The van der Waals surface area contributed by atoms with Gasteiger partial charge in [0.15, 0.2) is 5.78 Å². The molecule has 0 fully saturated rings. The number of ether oxygens (including phenoxy) is 2. The van der Waals surface area contributed by atoms with Crippen molar-refractivity contribution in [1.82, 2.24) is 20.9 Å². The van der Waals surface area contributed by atoms with Crippen LogP contribution in [0.2, 0.25) is 0 Å². The summed E-state index contributed by atoms with van der Waals surface area (Å²) >= 11 is 0. The number of nitrogens with zero attached hydrogens (tertiary/aromatic N) is 1. The fraction of sp³-hybridized carbons (Fsp3) is 0.692. The Hall–Kier alpha value is -3.32. The number of primary amides is 1. The number of rotatable bonds is 18. The van der Waals surface area contributed by atoms with E-state index < -0.39 is 29.9 Å². The molecule has 1 rings (SSSR count). The van der Waals surface area contributed by atoms with Crippen LogP contribution in [0.5, 0.6) is 0 Å². The summed E-state index contributed by atoms with van der Waals surface area (Å²) in [5, 5.41) is 7.80. The van der Waals surface area contributed by atoms with Crippen molar-refractivity contribution in [2.24, 2.45) is 17.6 Å². The molecule has 39 heavy (non-hydrogen) atoms.